The number of nitrogens with one attached hydrogen (secondary N) is 1. The van der Waals surface area contributed by atoms with Crippen molar-refractivity contribution >= 4 is 27.1 Å². The number of anilines is 1. The predicted octanol–water partition coefficient (Wildman–Crippen LogP) is 1.67. The van der Waals surface area contributed by atoms with Crippen molar-refractivity contribution in [1.29, 1.82) is 5.26 Å². The summed E-state index contributed by atoms with van der Waals surface area (Å²) in [7, 11) is -3.00. The van der Waals surface area contributed by atoms with Gasteiger partial charge < -0.3 is 5.32 Å². The van der Waals surface area contributed by atoms with Crippen LogP contribution in [0.25, 0.3) is 0 Å². The van der Waals surface area contributed by atoms with Gasteiger partial charge in [-0.2, -0.15) is 5.26 Å². The minimum atomic E-state index is -3.00. The van der Waals surface area contributed by atoms with Crippen molar-refractivity contribution in [2.45, 2.75) is 0 Å². The first-order chi connectivity index (χ1) is 7.42. The van der Waals surface area contributed by atoms with E-state index < -0.39 is 9.84 Å². The predicted molar refractivity (Wildman–Crippen MR) is 64.4 cm³/mol. The molecule has 0 saturated carbocycles. The van der Waals surface area contributed by atoms with E-state index in [1.807, 2.05) is 6.07 Å². The van der Waals surface area contributed by atoms with E-state index in [1.165, 1.54) is 0 Å². The summed E-state index contributed by atoms with van der Waals surface area (Å²) in [6.07, 6.45) is 1.16. The molecule has 4 nitrogen and oxygen atoms in total. The lowest BCUT2D eigenvalue weighted by Gasteiger charge is -2.07. The van der Waals surface area contributed by atoms with Gasteiger partial charge in [-0.15, -0.1) is 0 Å². The highest BCUT2D eigenvalue weighted by Gasteiger charge is 2.05. The number of nitriles is 1. The van der Waals surface area contributed by atoms with Gasteiger partial charge in [0.1, 0.15) is 15.9 Å². The number of hydrogen-bond donors (Lipinski definition) is 1. The van der Waals surface area contributed by atoms with E-state index in [9.17, 15) is 8.42 Å². The first-order valence-corrected chi connectivity index (χ1v) is 6.97. The summed E-state index contributed by atoms with van der Waals surface area (Å²) in [5, 5.41) is 12.2. The molecule has 0 aromatic heterocycles. The van der Waals surface area contributed by atoms with Crippen LogP contribution in [0.4, 0.5) is 5.69 Å². The van der Waals surface area contributed by atoms with E-state index in [0.717, 1.165) is 6.26 Å². The first-order valence-electron chi connectivity index (χ1n) is 4.53. The standard InChI is InChI=1S/C10H11ClN2O2S/c1-16(14,15)5-4-13-10-6-9(11)3-2-8(10)7-12/h2-3,6,13H,4-5H2,1H3. The topological polar surface area (TPSA) is 70.0 Å². The van der Waals surface area contributed by atoms with Gasteiger partial charge in [0.05, 0.1) is 17.0 Å². The second-order valence-electron chi connectivity index (χ2n) is 3.36. The van der Waals surface area contributed by atoms with Crippen LogP contribution in [0.15, 0.2) is 18.2 Å². The Balaban J connectivity index is 2.74. The molecule has 0 bridgehead atoms. The Morgan fingerprint density at radius 1 is 1.50 bits per heavy atom. The molecule has 0 aliphatic heterocycles. The summed E-state index contributed by atoms with van der Waals surface area (Å²) in [4.78, 5) is 0. The molecule has 1 aromatic carbocycles. The number of halogens is 1. The average Bonchev–Trinajstić information content (AvgIpc) is 2.16. The SMILES string of the molecule is CS(=O)(=O)CCNc1cc(Cl)ccc1C#N. The third-order valence-corrected chi connectivity index (χ3v) is 3.07. The van der Waals surface area contributed by atoms with E-state index in [4.69, 9.17) is 16.9 Å². The molecule has 0 aliphatic carbocycles. The Bertz CT molecular complexity index is 520. The fourth-order valence-corrected chi connectivity index (χ4v) is 1.78. The van der Waals surface area contributed by atoms with Crippen LogP contribution in [0.1, 0.15) is 5.56 Å². The molecular formula is C10H11ClN2O2S. The molecule has 0 aliphatic rings. The fourth-order valence-electron chi connectivity index (χ4n) is 1.13. The first kappa shape index (κ1) is 12.8. The molecule has 1 rings (SSSR count). The highest BCUT2D eigenvalue weighted by atomic mass is 35.5. The van der Waals surface area contributed by atoms with E-state index >= 15 is 0 Å². The summed E-state index contributed by atoms with van der Waals surface area (Å²) >= 11 is 5.77. The van der Waals surface area contributed by atoms with Crippen molar-refractivity contribution in [2.24, 2.45) is 0 Å². The lowest BCUT2D eigenvalue weighted by Crippen LogP contribution is -2.14. The summed E-state index contributed by atoms with van der Waals surface area (Å²) in [5.74, 6) is 0.0182. The maximum atomic E-state index is 10.9. The summed E-state index contributed by atoms with van der Waals surface area (Å²) < 4.78 is 21.8. The molecule has 16 heavy (non-hydrogen) atoms. The van der Waals surface area contributed by atoms with Crippen LogP contribution in [-0.4, -0.2) is 27.0 Å². The van der Waals surface area contributed by atoms with Crippen molar-refractivity contribution < 1.29 is 8.42 Å². The second kappa shape index (κ2) is 5.19. The van der Waals surface area contributed by atoms with Gasteiger partial charge >= 0.3 is 0 Å². The van der Waals surface area contributed by atoms with Gasteiger partial charge in [-0.25, -0.2) is 8.42 Å². The molecule has 0 saturated heterocycles. The van der Waals surface area contributed by atoms with Gasteiger partial charge in [0, 0.05) is 17.8 Å². The van der Waals surface area contributed by atoms with E-state index in [0.29, 0.717) is 16.3 Å². The summed E-state index contributed by atoms with van der Waals surface area (Å²) in [5.41, 5.74) is 0.997. The number of sulfone groups is 1. The molecule has 1 N–H and O–H groups in total. The van der Waals surface area contributed by atoms with E-state index in [2.05, 4.69) is 5.32 Å². The molecule has 0 unspecified atom stereocenters. The number of benzene rings is 1. The van der Waals surface area contributed by atoms with Crippen LogP contribution in [0.5, 0.6) is 0 Å². The Morgan fingerprint density at radius 2 is 2.19 bits per heavy atom. The molecular weight excluding hydrogens is 248 g/mol. The van der Waals surface area contributed by atoms with E-state index in [1.54, 1.807) is 18.2 Å². The lowest BCUT2D eigenvalue weighted by molar-refractivity contribution is 0.602. The van der Waals surface area contributed by atoms with Gasteiger partial charge in [0.25, 0.3) is 0 Å². The largest absolute Gasteiger partial charge is 0.383 e. The third-order valence-electron chi connectivity index (χ3n) is 1.89. The van der Waals surface area contributed by atoms with Gasteiger partial charge in [-0.3, -0.25) is 0 Å². The second-order valence-corrected chi connectivity index (χ2v) is 6.05. The van der Waals surface area contributed by atoms with Crippen molar-refractivity contribution in [1.82, 2.24) is 0 Å². The fraction of sp³-hybridized carbons (Fsp3) is 0.300. The minimum absolute atomic E-state index is 0.0182. The van der Waals surface area contributed by atoms with Crippen LogP contribution in [0, 0.1) is 11.3 Å². The van der Waals surface area contributed by atoms with Gasteiger partial charge in [-0.1, -0.05) is 11.6 Å². The molecule has 86 valence electrons. The molecule has 1 aromatic rings. The van der Waals surface area contributed by atoms with Crippen LogP contribution in [0.3, 0.4) is 0 Å². The van der Waals surface area contributed by atoms with Crippen LogP contribution in [-0.2, 0) is 9.84 Å². The van der Waals surface area contributed by atoms with Crippen LogP contribution < -0.4 is 5.32 Å². The van der Waals surface area contributed by atoms with Crippen LogP contribution >= 0.6 is 11.6 Å². The normalized spacial score (nSPS) is 10.8. The molecule has 6 heteroatoms. The number of rotatable bonds is 4. The summed E-state index contributed by atoms with van der Waals surface area (Å²) in [6.45, 7) is 0.258. The molecule has 0 radical (unpaired) electrons. The Kier molecular flexibility index (Phi) is 4.16. The minimum Gasteiger partial charge on any atom is -0.383 e. The zero-order valence-electron chi connectivity index (χ0n) is 8.70. The van der Waals surface area contributed by atoms with Crippen molar-refractivity contribution in [3.05, 3.63) is 28.8 Å². The number of hydrogen-bond acceptors (Lipinski definition) is 4. The molecule has 0 fully saturated rings. The zero-order chi connectivity index (χ0) is 12.2. The maximum Gasteiger partial charge on any atom is 0.149 e. The van der Waals surface area contributed by atoms with Crippen molar-refractivity contribution in [2.75, 3.05) is 23.9 Å². The van der Waals surface area contributed by atoms with Gasteiger partial charge in [-0.05, 0) is 18.2 Å². The third kappa shape index (κ3) is 4.09. The highest BCUT2D eigenvalue weighted by Crippen LogP contribution is 2.19. The van der Waals surface area contributed by atoms with E-state index in [-0.39, 0.29) is 12.3 Å². The number of nitrogens with zero attached hydrogens (tertiary/aromatic N) is 1. The van der Waals surface area contributed by atoms with Crippen LogP contribution in [0.2, 0.25) is 5.02 Å². The summed E-state index contributed by atoms with van der Waals surface area (Å²) in [6, 6.07) is 6.80. The Labute approximate surface area is 99.8 Å². The quantitative estimate of drug-likeness (QED) is 0.892. The lowest BCUT2D eigenvalue weighted by atomic mass is 10.2. The maximum absolute atomic E-state index is 10.9. The molecule has 0 atom stereocenters. The smallest absolute Gasteiger partial charge is 0.149 e. The average molecular weight is 259 g/mol. The van der Waals surface area contributed by atoms with Gasteiger partial charge in [0.15, 0.2) is 0 Å². The van der Waals surface area contributed by atoms with Crippen molar-refractivity contribution in [3.8, 4) is 6.07 Å². The zero-order valence-corrected chi connectivity index (χ0v) is 10.3. The molecule has 0 amide bonds. The van der Waals surface area contributed by atoms with Gasteiger partial charge in [0.2, 0.25) is 0 Å². The monoisotopic (exact) mass is 258 g/mol. The molecule has 0 heterocycles. The highest BCUT2D eigenvalue weighted by molar-refractivity contribution is 7.90. The molecule has 0 spiro atoms. The van der Waals surface area contributed by atoms with Crippen molar-refractivity contribution in [3.63, 3.8) is 0 Å². The Hall–Kier alpha value is -1.25. The Morgan fingerprint density at radius 3 is 2.75 bits per heavy atom.